The van der Waals surface area contributed by atoms with E-state index in [1.54, 1.807) is 17.2 Å². The zero-order valence-corrected chi connectivity index (χ0v) is 9.73. The van der Waals surface area contributed by atoms with Gasteiger partial charge in [-0.25, -0.2) is 0 Å². The molecule has 4 heteroatoms. The van der Waals surface area contributed by atoms with Gasteiger partial charge in [0.15, 0.2) is 0 Å². The third kappa shape index (κ3) is 1.80. The Bertz CT molecular complexity index is 392. The van der Waals surface area contributed by atoms with Gasteiger partial charge >= 0.3 is 0 Å². The van der Waals surface area contributed by atoms with Gasteiger partial charge in [0.1, 0.15) is 6.17 Å². The summed E-state index contributed by atoms with van der Waals surface area (Å²) in [5.41, 5.74) is 1.57. The van der Waals surface area contributed by atoms with Crippen molar-refractivity contribution in [3.8, 4) is 0 Å². The standard InChI is InChI=1S/C12H17N3O/c1-3-4-7-14-11-10-9(6-5-8-13-10)12(16)15(11)2/h5-6,8,11,14H,3-4,7H2,1-2H3. The van der Waals surface area contributed by atoms with Crippen molar-refractivity contribution < 1.29 is 4.79 Å². The summed E-state index contributed by atoms with van der Waals surface area (Å²) in [6, 6.07) is 3.64. The first-order chi connectivity index (χ1) is 7.75. The van der Waals surface area contributed by atoms with Gasteiger partial charge in [-0.05, 0) is 25.1 Å². The molecular weight excluding hydrogens is 202 g/mol. The summed E-state index contributed by atoms with van der Waals surface area (Å²) >= 11 is 0. The lowest BCUT2D eigenvalue weighted by Gasteiger charge is -2.21. The quantitative estimate of drug-likeness (QED) is 0.781. The van der Waals surface area contributed by atoms with Gasteiger partial charge in [0.2, 0.25) is 0 Å². The molecule has 4 nitrogen and oxygen atoms in total. The summed E-state index contributed by atoms with van der Waals surface area (Å²) in [6.45, 7) is 3.06. The minimum atomic E-state index is -0.0600. The zero-order chi connectivity index (χ0) is 11.5. The van der Waals surface area contributed by atoms with Crippen LogP contribution in [-0.4, -0.2) is 29.4 Å². The van der Waals surface area contributed by atoms with E-state index in [1.165, 1.54) is 0 Å². The van der Waals surface area contributed by atoms with Crippen LogP contribution in [0.15, 0.2) is 18.3 Å². The number of amides is 1. The molecule has 16 heavy (non-hydrogen) atoms. The molecule has 0 radical (unpaired) electrons. The second-order valence-corrected chi connectivity index (χ2v) is 4.06. The number of carbonyl (C=O) groups is 1. The average molecular weight is 219 g/mol. The molecule has 0 saturated carbocycles. The van der Waals surface area contributed by atoms with Gasteiger partial charge in [-0.1, -0.05) is 13.3 Å². The lowest BCUT2D eigenvalue weighted by atomic mass is 10.2. The first kappa shape index (κ1) is 11.1. The summed E-state index contributed by atoms with van der Waals surface area (Å²) in [4.78, 5) is 17.9. The molecule has 0 aromatic carbocycles. The fraction of sp³-hybridized carbons (Fsp3) is 0.500. The Hall–Kier alpha value is -1.42. The third-order valence-electron chi connectivity index (χ3n) is 2.90. The van der Waals surface area contributed by atoms with Gasteiger partial charge < -0.3 is 4.90 Å². The van der Waals surface area contributed by atoms with Crippen LogP contribution in [-0.2, 0) is 0 Å². The Kier molecular flexibility index (Phi) is 3.19. The van der Waals surface area contributed by atoms with Crippen LogP contribution >= 0.6 is 0 Å². The van der Waals surface area contributed by atoms with E-state index < -0.39 is 0 Å². The number of pyridine rings is 1. The van der Waals surface area contributed by atoms with Gasteiger partial charge in [-0.3, -0.25) is 15.1 Å². The van der Waals surface area contributed by atoms with Crippen molar-refractivity contribution in [3.63, 3.8) is 0 Å². The van der Waals surface area contributed by atoms with E-state index >= 15 is 0 Å². The van der Waals surface area contributed by atoms with Gasteiger partial charge in [-0.15, -0.1) is 0 Å². The van der Waals surface area contributed by atoms with E-state index in [4.69, 9.17) is 0 Å². The first-order valence-electron chi connectivity index (χ1n) is 5.71. The van der Waals surface area contributed by atoms with Crippen LogP contribution in [0.1, 0.15) is 42.0 Å². The Labute approximate surface area is 95.7 Å². The maximum atomic E-state index is 11.9. The number of rotatable bonds is 4. The summed E-state index contributed by atoms with van der Waals surface area (Å²) in [5.74, 6) is 0.0529. The highest BCUT2D eigenvalue weighted by atomic mass is 16.2. The van der Waals surface area contributed by atoms with Crippen LogP contribution in [0.25, 0.3) is 0 Å². The maximum absolute atomic E-state index is 11.9. The van der Waals surface area contributed by atoms with Crippen LogP contribution < -0.4 is 5.32 Å². The number of nitrogens with zero attached hydrogens (tertiary/aromatic N) is 2. The van der Waals surface area contributed by atoms with Crippen molar-refractivity contribution in [1.29, 1.82) is 0 Å². The topological polar surface area (TPSA) is 45.2 Å². The van der Waals surface area contributed by atoms with Gasteiger partial charge in [0.25, 0.3) is 5.91 Å². The number of carbonyl (C=O) groups excluding carboxylic acids is 1. The Balaban J connectivity index is 2.17. The summed E-state index contributed by atoms with van der Waals surface area (Å²) < 4.78 is 0. The third-order valence-corrected chi connectivity index (χ3v) is 2.90. The fourth-order valence-electron chi connectivity index (χ4n) is 1.96. The molecule has 1 amide bonds. The monoisotopic (exact) mass is 219 g/mol. The molecule has 0 bridgehead atoms. The summed E-state index contributed by atoms with van der Waals surface area (Å²) in [7, 11) is 1.81. The molecule has 1 unspecified atom stereocenters. The molecule has 1 aromatic heterocycles. The molecule has 86 valence electrons. The lowest BCUT2D eigenvalue weighted by Crippen LogP contribution is -2.34. The lowest BCUT2D eigenvalue weighted by molar-refractivity contribution is 0.0749. The van der Waals surface area contributed by atoms with E-state index in [0.717, 1.165) is 30.6 Å². The molecule has 0 aliphatic carbocycles. The maximum Gasteiger partial charge on any atom is 0.257 e. The van der Waals surface area contributed by atoms with Crippen molar-refractivity contribution in [2.24, 2.45) is 0 Å². The van der Waals surface area contributed by atoms with Crippen LogP contribution in [0.4, 0.5) is 0 Å². The van der Waals surface area contributed by atoms with Crippen molar-refractivity contribution in [2.75, 3.05) is 13.6 Å². The molecule has 1 N–H and O–H groups in total. The van der Waals surface area contributed by atoms with Crippen molar-refractivity contribution in [2.45, 2.75) is 25.9 Å². The highest BCUT2D eigenvalue weighted by Gasteiger charge is 2.34. The van der Waals surface area contributed by atoms with E-state index in [9.17, 15) is 4.79 Å². The SMILES string of the molecule is CCCCNC1c2ncccc2C(=O)N1C. The number of unbranched alkanes of at least 4 members (excludes halogenated alkanes) is 1. The molecule has 0 saturated heterocycles. The molecule has 2 heterocycles. The predicted molar refractivity (Wildman–Crippen MR) is 62.0 cm³/mol. The molecule has 1 aliphatic heterocycles. The second kappa shape index (κ2) is 4.61. The zero-order valence-electron chi connectivity index (χ0n) is 9.73. The van der Waals surface area contributed by atoms with E-state index in [1.807, 2.05) is 13.1 Å². The fourth-order valence-corrected chi connectivity index (χ4v) is 1.96. The van der Waals surface area contributed by atoms with Gasteiger partial charge in [-0.2, -0.15) is 0 Å². The average Bonchev–Trinajstić information content (AvgIpc) is 2.55. The highest BCUT2D eigenvalue weighted by Crippen LogP contribution is 2.27. The number of hydrogen-bond donors (Lipinski definition) is 1. The van der Waals surface area contributed by atoms with E-state index in [2.05, 4.69) is 17.2 Å². The summed E-state index contributed by atoms with van der Waals surface area (Å²) in [6.07, 6.45) is 3.93. The van der Waals surface area contributed by atoms with Crippen LogP contribution in [0, 0.1) is 0 Å². The molecule has 2 rings (SSSR count). The van der Waals surface area contributed by atoms with E-state index in [0.29, 0.717) is 0 Å². The molecule has 0 fully saturated rings. The summed E-state index contributed by atoms with van der Waals surface area (Å²) in [5, 5.41) is 3.36. The number of hydrogen-bond acceptors (Lipinski definition) is 3. The second-order valence-electron chi connectivity index (χ2n) is 4.06. The minimum Gasteiger partial charge on any atom is -0.320 e. The number of aromatic nitrogens is 1. The number of fused-ring (bicyclic) bond motifs is 1. The molecule has 1 aromatic rings. The molecule has 1 aliphatic rings. The van der Waals surface area contributed by atoms with Crippen LogP contribution in [0.5, 0.6) is 0 Å². The van der Waals surface area contributed by atoms with Gasteiger partial charge in [0.05, 0.1) is 11.3 Å². The Morgan fingerprint density at radius 1 is 1.56 bits per heavy atom. The predicted octanol–water partition coefficient (Wildman–Crippen LogP) is 1.56. The molecule has 0 spiro atoms. The smallest absolute Gasteiger partial charge is 0.257 e. The Morgan fingerprint density at radius 3 is 3.12 bits per heavy atom. The van der Waals surface area contributed by atoms with Gasteiger partial charge in [0, 0.05) is 13.2 Å². The van der Waals surface area contributed by atoms with Crippen molar-refractivity contribution in [3.05, 3.63) is 29.6 Å². The normalized spacial score (nSPS) is 19.0. The van der Waals surface area contributed by atoms with Crippen molar-refractivity contribution >= 4 is 5.91 Å². The highest BCUT2D eigenvalue weighted by molar-refractivity contribution is 5.98. The molecular formula is C12H17N3O. The largest absolute Gasteiger partial charge is 0.320 e. The molecule has 1 atom stereocenters. The van der Waals surface area contributed by atoms with Crippen LogP contribution in [0.2, 0.25) is 0 Å². The number of nitrogens with one attached hydrogen (secondary N) is 1. The Morgan fingerprint density at radius 2 is 2.38 bits per heavy atom. The first-order valence-corrected chi connectivity index (χ1v) is 5.71. The van der Waals surface area contributed by atoms with Crippen LogP contribution in [0.3, 0.4) is 0 Å². The minimum absolute atomic E-state index is 0.0529. The van der Waals surface area contributed by atoms with Crippen molar-refractivity contribution in [1.82, 2.24) is 15.2 Å². The van der Waals surface area contributed by atoms with E-state index in [-0.39, 0.29) is 12.1 Å².